The highest BCUT2D eigenvalue weighted by Crippen LogP contribution is 2.30. The predicted octanol–water partition coefficient (Wildman–Crippen LogP) is 1.86. The molecule has 2 N–H and O–H groups in total. The highest BCUT2D eigenvalue weighted by molar-refractivity contribution is 5.76. The molecule has 144 valence electrons. The van der Waals surface area contributed by atoms with E-state index in [2.05, 4.69) is 51.8 Å². The molecule has 2 heterocycles. The number of nitrogen functional groups attached to an aromatic ring is 1. The van der Waals surface area contributed by atoms with Crippen LogP contribution in [0.25, 0.3) is 0 Å². The first-order valence-corrected chi connectivity index (χ1v) is 9.22. The molecule has 0 bridgehead atoms. The fourth-order valence-electron chi connectivity index (χ4n) is 3.50. The molecule has 0 aliphatic carbocycles. The average molecular weight is 376 g/mol. The number of nitriles is 2. The monoisotopic (exact) mass is 376 g/mol. The van der Waals surface area contributed by atoms with Crippen molar-refractivity contribution in [3.8, 4) is 12.1 Å². The van der Waals surface area contributed by atoms with Gasteiger partial charge >= 0.3 is 0 Å². The average Bonchev–Trinajstić information content (AvgIpc) is 2.70. The molecule has 0 amide bonds. The minimum Gasteiger partial charge on any atom is -0.393 e. The van der Waals surface area contributed by atoms with Crippen LogP contribution in [-0.4, -0.2) is 49.2 Å². The number of nitrogens with two attached hydrogens (primary N) is 1. The van der Waals surface area contributed by atoms with E-state index in [1.54, 1.807) is 4.90 Å². The number of piperazine rings is 1. The number of anilines is 4. The lowest BCUT2D eigenvalue weighted by Gasteiger charge is -2.38. The molecule has 1 aliphatic heterocycles. The summed E-state index contributed by atoms with van der Waals surface area (Å²) in [5.41, 5.74) is 10.6. The van der Waals surface area contributed by atoms with Crippen LogP contribution in [0.15, 0.2) is 24.5 Å². The quantitative estimate of drug-likeness (QED) is 0.788. The summed E-state index contributed by atoms with van der Waals surface area (Å²) in [6, 6.07) is 10.5. The molecule has 1 fully saturated rings. The minimum atomic E-state index is 0.0502. The van der Waals surface area contributed by atoms with Gasteiger partial charge in [0.1, 0.15) is 25.1 Å². The fourth-order valence-corrected chi connectivity index (χ4v) is 3.50. The van der Waals surface area contributed by atoms with Gasteiger partial charge in [0.25, 0.3) is 0 Å². The number of hydrogen-bond donors (Lipinski definition) is 1. The Balaban J connectivity index is 1.78. The number of benzene rings is 1. The van der Waals surface area contributed by atoms with E-state index in [0.29, 0.717) is 17.3 Å². The Bertz CT molecular complexity index is 903. The van der Waals surface area contributed by atoms with Gasteiger partial charge in [0.2, 0.25) is 0 Å². The van der Waals surface area contributed by atoms with Gasteiger partial charge in [0, 0.05) is 31.9 Å². The van der Waals surface area contributed by atoms with E-state index in [4.69, 9.17) is 16.3 Å². The highest BCUT2D eigenvalue weighted by atomic mass is 15.3. The molecule has 0 atom stereocenters. The van der Waals surface area contributed by atoms with E-state index in [-0.39, 0.29) is 13.1 Å². The summed E-state index contributed by atoms with van der Waals surface area (Å²) < 4.78 is 0. The van der Waals surface area contributed by atoms with E-state index in [0.717, 1.165) is 26.2 Å². The topological polar surface area (TPSA) is 109 Å². The zero-order valence-corrected chi connectivity index (χ0v) is 16.3. The molecule has 0 radical (unpaired) electrons. The molecule has 0 unspecified atom stereocenters. The first-order chi connectivity index (χ1) is 13.6. The van der Waals surface area contributed by atoms with Crippen LogP contribution in [0.1, 0.15) is 11.1 Å². The van der Waals surface area contributed by atoms with E-state index in [9.17, 15) is 0 Å². The molecule has 28 heavy (non-hydrogen) atoms. The zero-order chi connectivity index (χ0) is 20.1. The number of aromatic nitrogens is 2. The summed E-state index contributed by atoms with van der Waals surface area (Å²) in [6.45, 7) is 7.68. The normalized spacial score (nSPS) is 13.7. The molecule has 3 rings (SSSR count). The van der Waals surface area contributed by atoms with Crippen molar-refractivity contribution in [2.75, 3.05) is 59.7 Å². The van der Waals surface area contributed by atoms with E-state index in [1.165, 1.54) is 23.1 Å². The maximum atomic E-state index is 9.01. The Hall–Kier alpha value is -3.52. The van der Waals surface area contributed by atoms with Crippen molar-refractivity contribution < 1.29 is 0 Å². The van der Waals surface area contributed by atoms with Gasteiger partial charge in [-0.25, -0.2) is 9.97 Å². The van der Waals surface area contributed by atoms with Gasteiger partial charge in [0.05, 0.1) is 12.1 Å². The maximum Gasteiger partial charge on any atom is 0.159 e. The largest absolute Gasteiger partial charge is 0.393 e. The summed E-state index contributed by atoms with van der Waals surface area (Å²) in [7, 11) is 0. The van der Waals surface area contributed by atoms with Gasteiger partial charge in [-0.05, 0) is 31.0 Å². The summed E-state index contributed by atoms with van der Waals surface area (Å²) >= 11 is 0. The van der Waals surface area contributed by atoms with Gasteiger partial charge in [-0.3, -0.25) is 0 Å². The number of nitrogens with zero attached hydrogens (tertiary/aromatic N) is 7. The maximum absolute atomic E-state index is 9.01. The molecule has 1 saturated heterocycles. The van der Waals surface area contributed by atoms with Crippen LogP contribution in [0, 0.1) is 36.5 Å². The summed E-state index contributed by atoms with van der Waals surface area (Å²) in [6.07, 6.45) is 1.44. The Morgan fingerprint density at radius 2 is 1.68 bits per heavy atom. The van der Waals surface area contributed by atoms with Gasteiger partial charge in [0.15, 0.2) is 11.6 Å². The van der Waals surface area contributed by atoms with Crippen LogP contribution in [0.4, 0.5) is 23.0 Å². The second kappa shape index (κ2) is 8.45. The first kappa shape index (κ1) is 19.2. The van der Waals surface area contributed by atoms with Crippen molar-refractivity contribution in [1.29, 1.82) is 10.5 Å². The van der Waals surface area contributed by atoms with Gasteiger partial charge in [-0.2, -0.15) is 10.5 Å². The number of hydrogen-bond acceptors (Lipinski definition) is 8. The SMILES string of the molecule is Cc1cccc(N2CCN(c3ncnc(N(CC#N)CC#N)c3N)CC2)c1C. The minimum absolute atomic E-state index is 0.0502. The second-order valence-electron chi connectivity index (χ2n) is 6.80. The molecule has 8 nitrogen and oxygen atoms in total. The lowest BCUT2D eigenvalue weighted by molar-refractivity contribution is 0.646. The van der Waals surface area contributed by atoms with Crippen LogP contribution in [0.2, 0.25) is 0 Å². The Morgan fingerprint density at radius 3 is 2.32 bits per heavy atom. The van der Waals surface area contributed by atoms with Crippen molar-refractivity contribution in [2.45, 2.75) is 13.8 Å². The molecule has 0 spiro atoms. The summed E-state index contributed by atoms with van der Waals surface area (Å²) in [4.78, 5) is 14.7. The molecule has 2 aromatic rings. The molecule has 1 aromatic heterocycles. The molecular formula is C20H24N8. The van der Waals surface area contributed by atoms with E-state index < -0.39 is 0 Å². The van der Waals surface area contributed by atoms with Crippen LogP contribution in [0.5, 0.6) is 0 Å². The van der Waals surface area contributed by atoms with Crippen molar-refractivity contribution >= 4 is 23.0 Å². The van der Waals surface area contributed by atoms with Gasteiger partial charge in [-0.1, -0.05) is 12.1 Å². The molecule has 8 heteroatoms. The smallest absolute Gasteiger partial charge is 0.159 e. The van der Waals surface area contributed by atoms with Crippen molar-refractivity contribution in [2.24, 2.45) is 0 Å². The van der Waals surface area contributed by atoms with E-state index in [1.807, 2.05) is 12.1 Å². The third-order valence-electron chi connectivity index (χ3n) is 5.16. The van der Waals surface area contributed by atoms with Crippen molar-refractivity contribution in [3.63, 3.8) is 0 Å². The fraction of sp³-hybridized carbons (Fsp3) is 0.400. The molecule has 1 aliphatic rings. The summed E-state index contributed by atoms with van der Waals surface area (Å²) in [5.74, 6) is 1.09. The molecule has 1 aromatic carbocycles. The second-order valence-corrected chi connectivity index (χ2v) is 6.80. The van der Waals surface area contributed by atoms with E-state index >= 15 is 0 Å². The van der Waals surface area contributed by atoms with Crippen LogP contribution in [0.3, 0.4) is 0 Å². The summed E-state index contributed by atoms with van der Waals surface area (Å²) in [5, 5.41) is 18.0. The standard InChI is InChI=1S/C20H24N8/c1-15-4-3-5-17(16(15)2)26-10-12-28(13-11-26)20-18(23)19(24-14-25-20)27(8-6-21)9-7-22/h3-5,14H,8-13,23H2,1-2H3. The van der Waals surface area contributed by atoms with Gasteiger partial charge in [-0.15, -0.1) is 0 Å². The zero-order valence-electron chi connectivity index (χ0n) is 16.3. The van der Waals surface area contributed by atoms with Crippen molar-refractivity contribution in [1.82, 2.24) is 9.97 Å². The third kappa shape index (κ3) is 3.77. The third-order valence-corrected chi connectivity index (χ3v) is 5.16. The van der Waals surface area contributed by atoms with Crippen LogP contribution >= 0.6 is 0 Å². The predicted molar refractivity (Wildman–Crippen MR) is 110 cm³/mol. The van der Waals surface area contributed by atoms with Crippen LogP contribution < -0.4 is 20.4 Å². The Kier molecular flexibility index (Phi) is 5.81. The lowest BCUT2D eigenvalue weighted by atomic mass is 10.1. The Labute approximate surface area is 165 Å². The van der Waals surface area contributed by atoms with Crippen LogP contribution in [-0.2, 0) is 0 Å². The van der Waals surface area contributed by atoms with Gasteiger partial charge < -0.3 is 20.4 Å². The lowest BCUT2D eigenvalue weighted by Crippen LogP contribution is -2.47. The molecular weight excluding hydrogens is 352 g/mol. The Morgan fingerprint density at radius 1 is 1.04 bits per heavy atom. The molecule has 0 saturated carbocycles. The number of rotatable bonds is 5. The number of aryl methyl sites for hydroxylation is 1. The highest BCUT2D eigenvalue weighted by Gasteiger charge is 2.23. The van der Waals surface area contributed by atoms with Crippen molar-refractivity contribution in [3.05, 3.63) is 35.7 Å². The first-order valence-electron chi connectivity index (χ1n) is 9.22.